The molecule has 1 saturated carbocycles. The van der Waals surface area contributed by atoms with Crippen molar-refractivity contribution in [2.45, 2.75) is 52.0 Å². The summed E-state index contributed by atoms with van der Waals surface area (Å²) < 4.78 is 14.6. The molecule has 0 aromatic heterocycles. The molecule has 8 nitrogen and oxygen atoms in total. The summed E-state index contributed by atoms with van der Waals surface area (Å²) in [6, 6.07) is -0.945. The number of thioether (sulfide) groups is 1. The Labute approximate surface area is 151 Å². The van der Waals surface area contributed by atoms with Gasteiger partial charge in [-0.25, -0.2) is 9.59 Å². The van der Waals surface area contributed by atoms with E-state index in [-0.39, 0.29) is 24.2 Å². The predicted molar refractivity (Wildman–Crippen MR) is 90.7 cm³/mol. The van der Waals surface area contributed by atoms with Crippen LogP contribution in [-0.4, -0.2) is 48.3 Å². The Morgan fingerprint density at radius 3 is 2.36 bits per heavy atom. The van der Waals surface area contributed by atoms with Crippen molar-refractivity contribution in [1.82, 2.24) is 5.32 Å². The average Bonchev–Trinajstić information content (AvgIpc) is 2.59. The summed E-state index contributed by atoms with van der Waals surface area (Å²) in [5.74, 6) is -1.53. The van der Waals surface area contributed by atoms with Crippen LogP contribution >= 0.6 is 11.8 Å². The van der Waals surface area contributed by atoms with E-state index in [2.05, 4.69) is 5.32 Å². The van der Waals surface area contributed by atoms with Gasteiger partial charge in [0, 0.05) is 12.7 Å². The summed E-state index contributed by atoms with van der Waals surface area (Å²) in [4.78, 5) is 46.3. The molecule has 1 rings (SSSR count). The third-order valence-electron chi connectivity index (χ3n) is 3.63. The SMILES string of the molecule is CCOC(=O)[C@H](CSC(=O)OCOC(=O)C1CCCCC1)NC(C)=O. The molecule has 0 unspecified atom stereocenters. The van der Waals surface area contributed by atoms with Gasteiger partial charge < -0.3 is 19.5 Å². The minimum atomic E-state index is -0.945. The molecule has 1 amide bonds. The quantitative estimate of drug-likeness (QED) is 0.507. The van der Waals surface area contributed by atoms with Crippen LogP contribution in [0.25, 0.3) is 0 Å². The van der Waals surface area contributed by atoms with Crippen LogP contribution in [0.2, 0.25) is 0 Å². The third-order valence-corrected chi connectivity index (χ3v) is 4.49. The molecule has 0 spiro atoms. The van der Waals surface area contributed by atoms with Gasteiger partial charge in [0.2, 0.25) is 12.7 Å². The van der Waals surface area contributed by atoms with Crippen molar-refractivity contribution >= 4 is 34.9 Å². The van der Waals surface area contributed by atoms with Crippen molar-refractivity contribution < 1.29 is 33.4 Å². The number of ether oxygens (including phenoxy) is 3. The predicted octanol–water partition coefficient (Wildman–Crippen LogP) is 2.00. The minimum Gasteiger partial charge on any atom is -0.464 e. The second-order valence-corrected chi connectivity index (χ2v) is 6.58. The van der Waals surface area contributed by atoms with Gasteiger partial charge in [-0.3, -0.25) is 9.59 Å². The lowest BCUT2D eigenvalue weighted by Crippen LogP contribution is -2.42. The number of hydrogen-bond acceptors (Lipinski definition) is 8. The van der Waals surface area contributed by atoms with Gasteiger partial charge in [0.15, 0.2) is 0 Å². The van der Waals surface area contributed by atoms with Crippen molar-refractivity contribution in [2.24, 2.45) is 5.92 Å². The van der Waals surface area contributed by atoms with E-state index >= 15 is 0 Å². The molecule has 25 heavy (non-hydrogen) atoms. The molecule has 0 aromatic rings. The maximum Gasteiger partial charge on any atom is 0.370 e. The van der Waals surface area contributed by atoms with E-state index in [4.69, 9.17) is 14.2 Å². The fraction of sp³-hybridized carbons (Fsp3) is 0.750. The third kappa shape index (κ3) is 8.76. The highest BCUT2D eigenvalue weighted by atomic mass is 32.2. The zero-order chi connectivity index (χ0) is 18.7. The molecule has 0 bridgehead atoms. The zero-order valence-corrected chi connectivity index (χ0v) is 15.4. The molecule has 1 N–H and O–H groups in total. The lowest BCUT2D eigenvalue weighted by molar-refractivity contribution is -0.157. The van der Waals surface area contributed by atoms with E-state index in [1.807, 2.05) is 0 Å². The fourth-order valence-electron chi connectivity index (χ4n) is 2.44. The maximum absolute atomic E-state index is 11.8. The molecule has 1 fully saturated rings. The molecule has 0 aliphatic heterocycles. The van der Waals surface area contributed by atoms with Crippen LogP contribution in [0.5, 0.6) is 0 Å². The molecular weight excluding hydrogens is 350 g/mol. The highest BCUT2D eigenvalue weighted by Crippen LogP contribution is 2.24. The monoisotopic (exact) mass is 375 g/mol. The first-order valence-electron chi connectivity index (χ1n) is 8.34. The van der Waals surface area contributed by atoms with E-state index in [9.17, 15) is 19.2 Å². The Morgan fingerprint density at radius 2 is 1.76 bits per heavy atom. The second-order valence-electron chi connectivity index (χ2n) is 5.63. The Bertz CT molecular complexity index is 477. The van der Waals surface area contributed by atoms with Crippen LogP contribution in [0.1, 0.15) is 46.0 Å². The van der Waals surface area contributed by atoms with Gasteiger partial charge >= 0.3 is 17.2 Å². The highest BCUT2D eigenvalue weighted by molar-refractivity contribution is 8.13. The Hall–Kier alpha value is -1.77. The van der Waals surface area contributed by atoms with Crippen molar-refractivity contribution in [3.05, 3.63) is 0 Å². The first-order valence-corrected chi connectivity index (χ1v) is 9.32. The molecule has 142 valence electrons. The standard InChI is InChI=1S/C16H25NO7S/c1-3-22-15(20)13(17-11(2)18)9-25-16(21)24-10-23-14(19)12-7-5-4-6-8-12/h12-13H,3-10H2,1-2H3,(H,17,18)/t13-/m0/s1. The molecule has 0 aromatic carbocycles. The maximum atomic E-state index is 11.8. The first-order chi connectivity index (χ1) is 11.9. The molecular formula is C16H25NO7S. The molecule has 1 aliphatic carbocycles. The van der Waals surface area contributed by atoms with Gasteiger partial charge in [-0.2, -0.15) is 0 Å². The minimum absolute atomic E-state index is 0.0339. The van der Waals surface area contributed by atoms with Crippen molar-refractivity contribution in [3.63, 3.8) is 0 Å². The van der Waals surface area contributed by atoms with Crippen molar-refractivity contribution in [3.8, 4) is 0 Å². The molecule has 1 aliphatic rings. The van der Waals surface area contributed by atoms with Crippen LogP contribution in [0.4, 0.5) is 4.79 Å². The van der Waals surface area contributed by atoms with Gasteiger partial charge in [0.1, 0.15) is 6.04 Å². The summed E-state index contributed by atoms with van der Waals surface area (Å²) in [6.45, 7) is 2.62. The Morgan fingerprint density at radius 1 is 1.08 bits per heavy atom. The van der Waals surface area contributed by atoms with Gasteiger partial charge in [-0.15, -0.1) is 0 Å². The number of nitrogens with one attached hydrogen (secondary N) is 1. The van der Waals surface area contributed by atoms with E-state index in [0.29, 0.717) is 11.8 Å². The van der Waals surface area contributed by atoms with E-state index in [1.165, 1.54) is 6.92 Å². The summed E-state index contributed by atoms with van der Waals surface area (Å²) in [7, 11) is 0. The second kappa shape index (κ2) is 11.7. The largest absolute Gasteiger partial charge is 0.464 e. The molecule has 1 atom stereocenters. The highest BCUT2D eigenvalue weighted by Gasteiger charge is 2.24. The summed E-state index contributed by atoms with van der Waals surface area (Å²) in [5, 5.41) is 1.71. The summed E-state index contributed by atoms with van der Waals surface area (Å²) in [6.07, 6.45) is 4.76. The average molecular weight is 375 g/mol. The van der Waals surface area contributed by atoms with Crippen LogP contribution in [0.3, 0.4) is 0 Å². The van der Waals surface area contributed by atoms with Crippen LogP contribution < -0.4 is 5.32 Å². The van der Waals surface area contributed by atoms with Crippen molar-refractivity contribution in [2.75, 3.05) is 19.2 Å². The van der Waals surface area contributed by atoms with E-state index in [0.717, 1.165) is 32.1 Å². The smallest absolute Gasteiger partial charge is 0.370 e. The fourth-order valence-corrected chi connectivity index (χ4v) is 3.10. The topological polar surface area (TPSA) is 108 Å². The Kier molecular flexibility index (Phi) is 9.98. The summed E-state index contributed by atoms with van der Waals surface area (Å²) >= 11 is 0.700. The van der Waals surface area contributed by atoms with E-state index < -0.39 is 30.0 Å². The molecule has 9 heteroatoms. The van der Waals surface area contributed by atoms with Gasteiger partial charge in [-0.1, -0.05) is 19.3 Å². The van der Waals surface area contributed by atoms with E-state index in [1.54, 1.807) is 6.92 Å². The van der Waals surface area contributed by atoms with Gasteiger partial charge in [-0.05, 0) is 31.5 Å². The number of esters is 2. The lowest BCUT2D eigenvalue weighted by atomic mass is 9.89. The van der Waals surface area contributed by atoms with Crippen molar-refractivity contribution in [1.29, 1.82) is 0 Å². The lowest BCUT2D eigenvalue weighted by Gasteiger charge is -2.19. The molecule has 0 saturated heterocycles. The van der Waals surface area contributed by atoms with Crippen LogP contribution in [0.15, 0.2) is 0 Å². The zero-order valence-electron chi connectivity index (χ0n) is 14.6. The molecule has 0 heterocycles. The number of carbonyl (C=O) groups excluding carboxylic acids is 4. The van der Waals surface area contributed by atoms with Gasteiger partial charge in [0.25, 0.3) is 0 Å². The first kappa shape index (κ1) is 21.3. The summed E-state index contributed by atoms with van der Waals surface area (Å²) in [5.41, 5.74) is 0. The Balaban J connectivity index is 2.28. The van der Waals surface area contributed by atoms with Gasteiger partial charge in [0.05, 0.1) is 12.5 Å². The normalized spacial score (nSPS) is 15.8. The molecule has 0 radical (unpaired) electrons. The van der Waals surface area contributed by atoms with Crippen LogP contribution in [-0.2, 0) is 28.6 Å². The number of amides is 1. The number of hydrogen-bond donors (Lipinski definition) is 1. The van der Waals surface area contributed by atoms with Crippen LogP contribution in [0, 0.1) is 5.92 Å². The number of carbonyl (C=O) groups is 4. The number of rotatable bonds is 8.